The van der Waals surface area contributed by atoms with Crippen LogP contribution in [-0.4, -0.2) is 27.8 Å². The lowest BCUT2D eigenvalue weighted by Gasteiger charge is -2.15. The van der Waals surface area contributed by atoms with Crippen molar-refractivity contribution in [3.63, 3.8) is 0 Å². The number of aromatic amines is 1. The lowest BCUT2D eigenvalue weighted by atomic mass is 9.98. The maximum Gasteiger partial charge on any atom is 0.305 e. The van der Waals surface area contributed by atoms with Gasteiger partial charge in [0.05, 0.1) is 18.8 Å². The molecule has 0 atom stereocenters. The number of carbonyl (C=O) groups excluding carboxylic acids is 1. The average Bonchev–Trinajstić information content (AvgIpc) is 3.30. The monoisotopic (exact) mass is 397 g/mol. The minimum atomic E-state index is -0.405. The van der Waals surface area contributed by atoms with Crippen molar-refractivity contribution in [2.45, 2.75) is 32.6 Å². The molecule has 0 saturated heterocycles. The number of esters is 1. The van der Waals surface area contributed by atoms with Gasteiger partial charge in [0.15, 0.2) is 5.82 Å². The Morgan fingerprint density at radius 2 is 1.97 bits per heavy atom. The fourth-order valence-corrected chi connectivity index (χ4v) is 3.95. The molecule has 4 rings (SSSR count). The van der Waals surface area contributed by atoms with E-state index in [2.05, 4.69) is 10.2 Å². The standard InChI is InChI=1S/C22H21F2N3O2/c1-12(2)22-16(8-9-18(28)29-3)19-17(10-13-11-25-26-21(13)20(19)24)27(22)15-6-4-14(23)5-7-15/h4-7,10-12H,8-9H2,1-3H3,(H,25,26). The van der Waals surface area contributed by atoms with Crippen LogP contribution < -0.4 is 0 Å². The Hall–Kier alpha value is -3.22. The van der Waals surface area contributed by atoms with Crippen LogP contribution in [0.25, 0.3) is 27.5 Å². The van der Waals surface area contributed by atoms with Crippen LogP contribution in [0.1, 0.15) is 37.4 Å². The number of halogens is 2. The summed E-state index contributed by atoms with van der Waals surface area (Å²) in [6.45, 7) is 4.03. The van der Waals surface area contributed by atoms with Crippen molar-refractivity contribution in [1.29, 1.82) is 0 Å². The van der Waals surface area contributed by atoms with Crippen molar-refractivity contribution in [2.24, 2.45) is 0 Å². The van der Waals surface area contributed by atoms with Gasteiger partial charge < -0.3 is 9.30 Å². The first-order chi connectivity index (χ1) is 13.9. The number of nitrogens with zero attached hydrogens (tertiary/aromatic N) is 2. The molecule has 0 aliphatic carbocycles. The van der Waals surface area contributed by atoms with Crippen LogP contribution in [-0.2, 0) is 16.0 Å². The van der Waals surface area contributed by atoms with Gasteiger partial charge in [-0.05, 0) is 48.2 Å². The van der Waals surface area contributed by atoms with E-state index in [0.717, 1.165) is 16.9 Å². The number of methoxy groups -OCH3 is 1. The zero-order valence-electron chi connectivity index (χ0n) is 16.4. The molecule has 0 bridgehead atoms. The van der Waals surface area contributed by atoms with Gasteiger partial charge in [-0.1, -0.05) is 13.8 Å². The number of fused-ring (bicyclic) bond motifs is 2. The second kappa shape index (κ2) is 7.31. The van der Waals surface area contributed by atoms with Crippen LogP contribution in [0.4, 0.5) is 8.78 Å². The molecule has 0 saturated carbocycles. The SMILES string of the molecule is COC(=O)CCc1c(C(C)C)n(-c2ccc(F)cc2)c2cc3cn[nH]c3c(F)c12. The maximum absolute atomic E-state index is 15.5. The topological polar surface area (TPSA) is 59.9 Å². The molecule has 1 N–H and O–H groups in total. The van der Waals surface area contributed by atoms with Crippen molar-refractivity contribution in [3.05, 3.63) is 59.4 Å². The van der Waals surface area contributed by atoms with Crippen LogP contribution in [0.2, 0.25) is 0 Å². The molecule has 5 nitrogen and oxygen atoms in total. The van der Waals surface area contributed by atoms with E-state index in [-0.39, 0.29) is 24.1 Å². The van der Waals surface area contributed by atoms with Crippen LogP contribution in [0.15, 0.2) is 36.5 Å². The largest absolute Gasteiger partial charge is 0.469 e. The Balaban J connectivity index is 2.08. The van der Waals surface area contributed by atoms with Gasteiger partial charge in [0, 0.05) is 28.6 Å². The third-order valence-corrected chi connectivity index (χ3v) is 5.19. The Bertz CT molecular complexity index is 1210. The number of H-pyrrole nitrogens is 1. The summed E-state index contributed by atoms with van der Waals surface area (Å²) in [6.07, 6.45) is 2.05. The fourth-order valence-electron chi connectivity index (χ4n) is 3.95. The highest BCUT2D eigenvalue weighted by atomic mass is 19.1. The maximum atomic E-state index is 15.5. The summed E-state index contributed by atoms with van der Waals surface area (Å²) in [5.41, 5.74) is 3.34. The molecule has 0 fully saturated rings. The molecule has 4 aromatic rings. The summed E-state index contributed by atoms with van der Waals surface area (Å²) in [6, 6.07) is 7.97. The van der Waals surface area contributed by atoms with Crippen molar-refractivity contribution in [1.82, 2.24) is 14.8 Å². The minimum absolute atomic E-state index is 0.0379. The molecule has 2 heterocycles. The molecule has 2 aromatic carbocycles. The van der Waals surface area contributed by atoms with Gasteiger partial charge in [-0.15, -0.1) is 0 Å². The summed E-state index contributed by atoms with van der Waals surface area (Å²) in [5.74, 6) is -1.07. The molecule has 150 valence electrons. The zero-order chi connectivity index (χ0) is 20.7. The minimum Gasteiger partial charge on any atom is -0.469 e. The Morgan fingerprint density at radius 1 is 1.24 bits per heavy atom. The Kier molecular flexibility index (Phi) is 4.82. The predicted molar refractivity (Wildman–Crippen MR) is 107 cm³/mol. The van der Waals surface area contributed by atoms with Gasteiger partial charge in [0.25, 0.3) is 0 Å². The average molecular weight is 397 g/mol. The summed E-state index contributed by atoms with van der Waals surface area (Å²) in [5, 5.41) is 7.76. The molecule has 0 aliphatic heterocycles. The van der Waals surface area contributed by atoms with E-state index in [1.54, 1.807) is 18.3 Å². The number of benzene rings is 2. The molecule has 0 unspecified atom stereocenters. The van der Waals surface area contributed by atoms with Crippen LogP contribution in [0.5, 0.6) is 0 Å². The number of carbonyl (C=O) groups is 1. The number of hydrogen-bond acceptors (Lipinski definition) is 3. The van der Waals surface area contributed by atoms with Crippen LogP contribution in [0, 0.1) is 11.6 Å². The van der Waals surface area contributed by atoms with Crippen molar-refractivity contribution in [3.8, 4) is 5.69 Å². The normalized spacial score (nSPS) is 11.7. The molecular formula is C22H21F2N3O2. The van der Waals surface area contributed by atoms with E-state index in [0.29, 0.717) is 28.2 Å². The smallest absolute Gasteiger partial charge is 0.305 e. The third kappa shape index (κ3) is 3.16. The highest BCUT2D eigenvalue weighted by Gasteiger charge is 2.25. The van der Waals surface area contributed by atoms with Gasteiger partial charge in [0.2, 0.25) is 0 Å². The first-order valence-electron chi connectivity index (χ1n) is 9.43. The molecule has 0 aliphatic rings. The fraction of sp³-hybridized carbons (Fsp3) is 0.273. The number of rotatable bonds is 5. The predicted octanol–water partition coefficient (Wildman–Crippen LogP) is 5.01. The molecule has 0 radical (unpaired) electrons. The molecular weight excluding hydrogens is 376 g/mol. The number of ether oxygens (including phenoxy) is 1. The van der Waals surface area contributed by atoms with E-state index in [1.807, 2.05) is 24.5 Å². The zero-order valence-corrected chi connectivity index (χ0v) is 16.4. The van der Waals surface area contributed by atoms with Gasteiger partial charge in [-0.25, -0.2) is 8.78 Å². The lowest BCUT2D eigenvalue weighted by molar-refractivity contribution is -0.140. The number of aryl methyl sites for hydroxylation is 1. The third-order valence-electron chi connectivity index (χ3n) is 5.19. The van der Waals surface area contributed by atoms with E-state index < -0.39 is 5.82 Å². The molecule has 0 spiro atoms. The van der Waals surface area contributed by atoms with Gasteiger partial charge in [-0.3, -0.25) is 9.89 Å². The molecule has 7 heteroatoms. The highest BCUT2D eigenvalue weighted by Crippen LogP contribution is 2.38. The highest BCUT2D eigenvalue weighted by molar-refractivity contribution is 5.99. The number of hydrogen-bond donors (Lipinski definition) is 1. The van der Waals surface area contributed by atoms with E-state index in [9.17, 15) is 9.18 Å². The second-order valence-corrected chi connectivity index (χ2v) is 7.33. The van der Waals surface area contributed by atoms with E-state index in [1.165, 1.54) is 19.2 Å². The summed E-state index contributed by atoms with van der Waals surface area (Å²) < 4.78 is 35.8. The first kappa shape index (κ1) is 19.1. The second-order valence-electron chi connectivity index (χ2n) is 7.33. The Labute approximate surface area is 166 Å². The van der Waals surface area contributed by atoms with Crippen LogP contribution in [0.3, 0.4) is 0 Å². The first-order valence-corrected chi connectivity index (χ1v) is 9.43. The van der Waals surface area contributed by atoms with E-state index in [4.69, 9.17) is 4.74 Å². The molecule has 29 heavy (non-hydrogen) atoms. The Morgan fingerprint density at radius 3 is 2.62 bits per heavy atom. The van der Waals surface area contributed by atoms with Crippen molar-refractivity contribution >= 4 is 27.8 Å². The number of aromatic nitrogens is 3. The number of nitrogens with one attached hydrogen (secondary N) is 1. The summed E-state index contributed by atoms with van der Waals surface area (Å²) in [4.78, 5) is 11.8. The van der Waals surface area contributed by atoms with Crippen molar-refractivity contribution in [2.75, 3.05) is 7.11 Å². The van der Waals surface area contributed by atoms with Gasteiger partial charge in [-0.2, -0.15) is 5.10 Å². The summed E-state index contributed by atoms with van der Waals surface area (Å²) in [7, 11) is 1.34. The molecule has 2 aromatic heterocycles. The quantitative estimate of drug-likeness (QED) is 0.482. The van der Waals surface area contributed by atoms with Gasteiger partial charge >= 0.3 is 5.97 Å². The van der Waals surface area contributed by atoms with Crippen LogP contribution >= 0.6 is 0 Å². The van der Waals surface area contributed by atoms with Gasteiger partial charge in [0.1, 0.15) is 11.3 Å². The van der Waals surface area contributed by atoms with Crippen molar-refractivity contribution < 1.29 is 18.3 Å². The molecule has 0 amide bonds. The van der Waals surface area contributed by atoms with E-state index >= 15 is 4.39 Å². The lowest BCUT2D eigenvalue weighted by Crippen LogP contribution is -2.07. The summed E-state index contributed by atoms with van der Waals surface area (Å²) >= 11 is 0.